The molecule has 220 valence electrons. The molecular weight excluding hydrogens is 558 g/mol. The topological polar surface area (TPSA) is 103 Å². The summed E-state index contributed by atoms with van der Waals surface area (Å²) < 4.78 is 16.1. The van der Waals surface area contributed by atoms with Crippen LogP contribution in [0.3, 0.4) is 0 Å². The first-order chi connectivity index (χ1) is 20.2. The molecule has 0 saturated heterocycles. The van der Waals surface area contributed by atoms with Crippen LogP contribution in [0.5, 0.6) is 0 Å². The van der Waals surface area contributed by atoms with Gasteiger partial charge in [0.25, 0.3) is 5.91 Å². The third kappa shape index (κ3) is 6.95. The zero-order valence-electron chi connectivity index (χ0n) is 25.7. The minimum Gasteiger partial charge on any atom is -1.00 e. The number of aliphatic hydroxyl groups excluding tert-OH is 2. The molecule has 1 aliphatic rings. The molecular formula is C34H36FN2NaO5. The fraction of sp³-hybridized carbons (Fsp3) is 0.294. The first kappa shape index (κ1) is 32.6. The molecule has 0 bridgehead atoms. The van der Waals surface area contributed by atoms with Gasteiger partial charge in [-0.25, -0.2) is 4.39 Å². The summed E-state index contributed by atoms with van der Waals surface area (Å²) in [6.45, 7) is 4.38. The summed E-state index contributed by atoms with van der Waals surface area (Å²) in [4.78, 5) is 27.4. The van der Waals surface area contributed by atoms with E-state index < -0.39 is 24.6 Å². The Morgan fingerprint density at radius 1 is 0.930 bits per heavy atom. The molecule has 0 radical (unpaired) electrons. The largest absolute Gasteiger partial charge is 1.00 e. The first-order valence-electron chi connectivity index (χ1n) is 14.2. The average Bonchev–Trinajstić information content (AvgIpc) is 3.24. The van der Waals surface area contributed by atoms with Crippen LogP contribution in [0.1, 0.15) is 62.3 Å². The average molecular weight is 595 g/mol. The van der Waals surface area contributed by atoms with Crippen LogP contribution in [0.15, 0.2) is 78.9 Å². The number of hydrogen-bond donors (Lipinski definition) is 3. The minimum absolute atomic E-state index is 0. The maximum Gasteiger partial charge on any atom is 1.00 e. The number of halogens is 1. The molecule has 1 aliphatic heterocycles. The van der Waals surface area contributed by atoms with Crippen molar-refractivity contribution in [3.63, 3.8) is 0 Å². The van der Waals surface area contributed by atoms with E-state index in [9.17, 15) is 24.2 Å². The normalized spacial score (nSPS) is 14.0. The fourth-order valence-corrected chi connectivity index (χ4v) is 5.96. The number of carboxylic acids is 1. The smallest absolute Gasteiger partial charge is 1.00 e. The second-order valence-electron chi connectivity index (χ2n) is 11.1. The number of fused-ring (bicyclic) bond motifs is 3. The Bertz CT molecular complexity index is 1590. The fourth-order valence-electron chi connectivity index (χ4n) is 5.96. The van der Waals surface area contributed by atoms with Gasteiger partial charge in [0.05, 0.1) is 25.2 Å². The summed E-state index contributed by atoms with van der Waals surface area (Å²) in [6, 6.07) is 23.5. The second kappa shape index (κ2) is 14.0. The number of carbonyl (C=O) groups excluding carboxylic acids is 1. The maximum atomic E-state index is 14.6. The number of hydrogen-bond acceptors (Lipinski definition) is 4. The quantitative estimate of drug-likeness (QED) is 0.245. The number of nitrogens with zero attached hydrogens (tertiary/aromatic N) is 2. The third-order valence-corrected chi connectivity index (χ3v) is 7.76. The number of aromatic nitrogens is 1. The van der Waals surface area contributed by atoms with E-state index >= 15 is 0 Å². The molecule has 3 aromatic carbocycles. The zero-order chi connectivity index (χ0) is 30.0. The number of carbonyl (C=O) groups is 2. The van der Waals surface area contributed by atoms with Crippen LogP contribution < -0.4 is 34.5 Å². The summed E-state index contributed by atoms with van der Waals surface area (Å²) in [5.74, 6) is -1.66. The molecule has 5 rings (SSSR count). The standard InChI is InChI=1S/C34H35FN2O5.Na.H/c1-21(2)37-29(17-16-26(38)18-27(39)19-30(40)41)31(22-12-14-24(35)15-13-22)32-28-11-7-6-8-23(28)20-36(34(42)33(32)37)25-9-4-3-5-10-25;;/h3-15,21,26-27,38-39H,16-20H2,1-2H3,(H,40,41);;/q;+1;-1/t26-,27-;;/m1../s1. The number of carboxylic acid groups (broad SMARTS) is 1. The summed E-state index contributed by atoms with van der Waals surface area (Å²) >= 11 is 0. The van der Waals surface area contributed by atoms with Gasteiger partial charge in [0.1, 0.15) is 11.5 Å². The third-order valence-electron chi connectivity index (χ3n) is 7.76. The molecule has 2 atom stereocenters. The summed E-state index contributed by atoms with van der Waals surface area (Å²) in [7, 11) is 0. The van der Waals surface area contributed by atoms with Gasteiger partial charge in [-0.2, -0.15) is 0 Å². The molecule has 3 N–H and O–H groups in total. The van der Waals surface area contributed by atoms with Gasteiger partial charge in [-0.1, -0.05) is 54.6 Å². The summed E-state index contributed by atoms with van der Waals surface area (Å²) in [6.07, 6.45) is -2.08. The van der Waals surface area contributed by atoms with Crippen molar-refractivity contribution in [1.29, 1.82) is 0 Å². The van der Waals surface area contributed by atoms with Crippen LogP contribution in [-0.4, -0.2) is 44.0 Å². The Kier molecular flexibility index (Phi) is 10.6. The molecule has 0 spiro atoms. The number of para-hydroxylation sites is 1. The van der Waals surface area contributed by atoms with Gasteiger partial charge in [0.2, 0.25) is 0 Å². The predicted octanol–water partition coefficient (Wildman–Crippen LogP) is 3.34. The van der Waals surface area contributed by atoms with Crippen molar-refractivity contribution >= 4 is 17.6 Å². The minimum atomic E-state index is -1.17. The van der Waals surface area contributed by atoms with Crippen LogP contribution in [0, 0.1) is 5.82 Å². The van der Waals surface area contributed by atoms with E-state index in [-0.39, 0.29) is 61.6 Å². The SMILES string of the molecule is CC(C)n1c(CC[C@@H](O)C[C@@H](O)CC(=O)O)c(-c2ccc(F)cc2)c2c1C(=O)N(c1ccccc1)Cc1ccccc1-2.[H-].[Na+]. The molecule has 9 heteroatoms. The van der Waals surface area contributed by atoms with E-state index in [1.54, 1.807) is 17.0 Å². The molecule has 1 amide bonds. The van der Waals surface area contributed by atoms with Crippen molar-refractivity contribution < 1.29 is 60.3 Å². The molecule has 0 saturated carbocycles. The predicted molar refractivity (Wildman–Crippen MR) is 161 cm³/mol. The zero-order valence-corrected chi connectivity index (χ0v) is 26.7. The van der Waals surface area contributed by atoms with Crippen molar-refractivity contribution in [3.8, 4) is 22.3 Å². The van der Waals surface area contributed by atoms with E-state index in [0.29, 0.717) is 18.7 Å². The van der Waals surface area contributed by atoms with Crippen LogP contribution in [0.2, 0.25) is 0 Å². The van der Waals surface area contributed by atoms with Gasteiger partial charge in [0.15, 0.2) is 0 Å². The molecule has 43 heavy (non-hydrogen) atoms. The molecule has 7 nitrogen and oxygen atoms in total. The van der Waals surface area contributed by atoms with Crippen LogP contribution in [-0.2, 0) is 17.8 Å². The number of amides is 1. The number of rotatable bonds is 10. The Balaban J connectivity index is 0.00000264. The van der Waals surface area contributed by atoms with Crippen LogP contribution >= 0.6 is 0 Å². The monoisotopic (exact) mass is 594 g/mol. The Hall–Kier alpha value is -3.27. The van der Waals surface area contributed by atoms with Gasteiger partial charge in [0, 0.05) is 28.6 Å². The Morgan fingerprint density at radius 3 is 2.23 bits per heavy atom. The summed E-state index contributed by atoms with van der Waals surface area (Å²) in [5, 5.41) is 29.9. The van der Waals surface area contributed by atoms with Crippen LogP contribution in [0.4, 0.5) is 10.1 Å². The molecule has 0 unspecified atom stereocenters. The molecule has 0 aliphatic carbocycles. The molecule has 0 fully saturated rings. The van der Waals surface area contributed by atoms with Crippen molar-refractivity contribution in [1.82, 2.24) is 4.57 Å². The molecule has 2 heterocycles. The van der Waals surface area contributed by atoms with Gasteiger partial charge in [-0.3, -0.25) is 9.59 Å². The second-order valence-corrected chi connectivity index (χ2v) is 11.1. The number of benzene rings is 3. The Labute approximate surface area is 274 Å². The van der Waals surface area contributed by atoms with E-state index in [1.165, 1.54) is 12.1 Å². The van der Waals surface area contributed by atoms with Gasteiger partial charge in [-0.05, 0) is 74.1 Å². The number of anilines is 1. The first-order valence-corrected chi connectivity index (χ1v) is 14.2. The van der Waals surface area contributed by atoms with E-state index in [0.717, 1.165) is 39.2 Å². The van der Waals surface area contributed by atoms with E-state index in [2.05, 4.69) is 0 Å². The molecule has 1 aromatic heterocycles. The number of aliphatic hydroxyl groups is 2. The Morgan fingerprint density at radius 2 is 1.58 bits per heavy atom. The van der Waals surface area contributed by atoms with Crippen molar-refractivity contribution in [2.45, 2.75) is 64.3 Å². The summed E-state index contributed by atoms with van der Waals surface area (Å²) in [5.41, 5.74) is 6.31. The van der Waals surface area contributed by atoms with Crippen molar-refractivity contribution in [2.24, 2.45) is 0 Å². The molecule has 4 aromatic rings. The van der Waals surface area contributed by atoms with Crippen molar-refractivity contribution in [2.75, 3.05) is 4.90 Å². The number of aliphatic carboxylic acids is 1. The van der Waals surface area contributed by atoms with Gasteiger partial charge >= 0.3 is 35.5 Å². The van der Waals surface area contributed by atoms with Gasteiger partial charge in [-0.15, -0.1) is 0 Å². The van der Waals surface area contributed by atoms with Crippen LogP contribution in [0.25, 0.3) is 22.3 Å². The maximum absolute atomic E-state index is 14.6. The van der Waals surface area contributed by atoms with E-state index in [4.69, 9.17) is 5.11 Å². The van der Waals surface area contributed by atoms with Crippen molar-refractivity contribution in [3.05, 3.63) is 102 Å². The van der Waals surface area contributed by atoms with E-state index in [1.807, 2.05) is 73.0 Å². The van der Waals surface area contributed by atoms with Gasteiger partial charge < -0.3 is 26.2 Å².